The minimum Gasteiger partial charge on any atom is -0.482 e. The van der Waals surface area contributed by atoms with Crippen molar-refractivity contribution in [2.75, 3.05) is 6.61 Å². The van der Waals surface area contributed by atoms with Crippen LogP contribution in [0.4, 0.5) is 0 Å². The minimum absolute atomic E-state index is 0.0888. The highest BCUT2D eigenvalue weighted by Crippen LogP contribution is 2.16. The molecule has 0 aliphatic heterocycles. The summed E-state index contributed by atoms with van der Waals surface area (Å²) in [5.41, 5.74) is 0.958. The second kappa shape index (κ2) is 6.95. The number of rotatable bonds is 5. The standard InChI is InChI=1S/C15H13BrO3/c16-13-6-8-14(9-7-13)18-11-15(17)19-10-12-4-2-1-3-5-12/h1-9H,10-11H2. The fourth-order valence-corrected chi connectivity index (χ4v) is 1.72. The average molecular weight is 321 g/mol. The third-order valence-corrected chi connectivity index (χ3v) is 2.94. The van der Waals surface area contributed by atoms with Crippen LogP contribution in [0.25, 0.3) is 0 Å². The van der Waals surface area contributed by atoms with Gasteiger partial charge in [0.2, 0.25) is 0 Å². The molecule has 0 heterocycles. The van der Waals surface area contributed by atoms with Crippen molar-refractivity contribution >= 4 is 21.9 Å². The van der Waals surface area contributed by atoms with Crippen LogP contribution in [-0.2, 0) is 16.1 Å². The highest BCUT2D eigenvalue weighted by Gasteiger charge is 2.04. The molecule has 0 fully saturated rings. The molecule has 2 aromatic carbocycles. The quantitative estimate of drug-likeness (QED) is 0.790. The molecule has 3 nitrogen and oxygen atoms in total. The van der Waals surface area contributed by atoms with Crippen LogP contribution in [0.5, 0.6) is 5.75 Å². The lowest BCUT2D eigenvalue weighted by molar-refractivity contribution is -0.147. The Labute approximate surface area is 120 Å². The van der Waals surface area contributed by atoms with Crippen molar-refractivity contribution in [2.45, 2.75) is 6.61 Å². The van der Waals surface area contributed by atoms with Crippen molar-refractivity contribution in [3.8, 4) is 5.75 Å². The van der Waals surface area contributed by atoms with Gasteiger partial charge in [-0.2, -0.15) is 0 Å². The summed E-state index contributed by atoms with van der Waals surface area (Å²) in [6.45, 7) is 0.178. The number of hydrogen-bond donors (Lipinski definition) is 0. The molecule has 98 valence electrons. The molecule has 2 rings (SSSR count). The predicted octanol–water partition coefficient (Wildman–Crippen LogP) is 3.57. The summed E-state index contributed by atoms with van der Waals surface area (Å²) < 4.78 is 11.4. The van der Waals surface area contributed by atoms with E-state index in [2.05, 4.69) is 15.9 Å². The lowest BCUT2D eigenvalue weighted by Gasteiger charge is -2.07. The van der Waals surface area contributed by atoms with Gasteiger partial charge < -0.3 is 9.47 Å². The van der Waals surface area contributed by atoms with Gasteiger partial charge in [-0.25, -0.2) is 4.79 Å². The maximum Gasteiger partial charge on any atom is 0.344 e. The molecule has 4 heteroatoms. The van der Waals surface area contributed by atoms with Gasteiger partial charge >= 0.3 is 5.97 Å². The van der Waals surface area contributed by atoms with Gasteiger partial charge in [-0.1, -0.05) is 46.3 Å². The predicted molar refractivity (Wildman–Crippen MR) is 75.9 cm³/mol. The molecule has 0 N–H and O–H groups in total. The molecule has 0 unspecified atom stereocenters. The number of carbonyl (C=O) groups is 1. The minimum atomic E-state index is -0.383. The van der Waals surface area contributed by atoms with Crippen LogP contribution in [0, 0.1) is 0 Å². The number of ether oxygens (including phenoxy) is 2. The first-order valence-electron chi connectivity index (χ1n) is 5.82. The number of hydrogen-bond acceptors (Lipinski definition) is 3. The number of esters is 1. The van der Waals surface area contributed by atoms with Crippen molar-refractivity contribution in [3.63, 3.8) is 0 Å². The van der Waals surface area contributed by atoms with E-state index in [0.29, 0.717) is 5.75 Å². The molecule has 19 heavy (non-hydrogen) atoms. The van der Waals surface area contributed by atoms with Gasteiger partial charge in [0, 0.05) is 4.47 Å². The van der Waals surface area contributed by atoms with Crippen molar-refractivity contribution in [1.29, 1.82) is 0 Å². The maximum atomic E-state index is 11.5. The van der Waals surface area contributed by atoms with Crippen LogP contribution < -0.4 is 4.74 Å². The molecular formula is C15H13BrO3. The summed E-state index contributed by atoms with van der Waals surface area (Å²) in [5.74, 6) is 0.256. The molecule has 0 saturated heterocycles. The van der Waals surface area contributed by atoms with E-state index >= 15 is 0 Å². The highest BCUT2D eigenvalue weighted by molar-refractivity contribution is 9.10. The molecule has 0 amide bonds. The van der Waals surface area contributed by atoms with Crippen LogP contribution in [0.2, 0.25) is 0 Å². The lowest BCUT2D eigenvalue weighted by atomic mass is 10.2. The van der Waals surface area contributed by atoms with Gasteiger partial charge in [0.15, 0.2) is 6.61 Å². The summed E-state index contributed by atoms with van der Waals surface area (Å²) in [6, 6.07) is 16.8. The topological polar surface area (TPSA) is 35.5 Å². The van der Waals surface area contributed by atoms with Crippen LogP contribution in [0.3, 0.4) is 0 Å². The number of carbonyl (C=O) groups excluding carboxylic acids is 1. The third-order valence-electron chi connectivity index (χ3n) is 2.41. The average Bonchev–Trinajstić information content (AvgIpc) is 2.45. The Morgan fingerprint density at radius 1 is 1.00 bits per heavy atom. The second-order valence-electron chi connectivity index (χ2n) is 3.89. The van der Waals surface area contributed by atoms with Gasteiger partial charge in [-0.15, -0.1) is 0 Å². The van der Waals surface area contributed by atoms with E-state index in [4.69, 9.17) is 9.47 Å². The Kier molecular flexibility index (Phi) is 4.98. The zero-order chi connectivity index (χ0) is 13.5. The molecular weight excluding hydrogens is 308 g/mol. The van der Waals surface area contributed by atoms with Crippen LogP contribution in [-0.4, -0.2) is 12.6 Å². The van der Waals surface area contributed by atoms with Gasteiger partial charge in [-0.05, 0) is 29.8 Å². The first-order valence-corrected chi connectivity index (χ1v) is 6.61. The fourth-order valence-electron chi connectivity index (χ4n) is 1.45. The Morgan fingerprint density at radius 3 is 2.37 bits per heavy atom. The smallest absolute Gasteiger partial charge is 0.344 e. The summed E-state index contributed by atoms with van der Waals surface area (Å²) in [6.07, 6.45) is 0. The van der Waals surface area contributed by atoms with Gasteiger partial charge in [0.05, 0.1) is 0 Å². The van der Waals surface area contributed by atoms with Gasteiger partial charge in [0.1, 0.15) is 12.4 Å². The van der Waals surface area contributed by atoms with Crippen LogP contribution >= 0.6 is 15.9 Å². The zero-order valence-electron chi connectivity index (χ0n) is 10.2. The van der Waals surface area contributed by atoms with E-state index < -0.39 is 0 Å². The zero-order valence-corrected chi connectivity index (χ0v) is 11.8. The summed E-state index contributed by atoms with van der Waals surface area (Å²) >= 11 is 3.33. The maximum absolute atomic E-state index is 11.5. The van der Waals surface area contributed by atoms with E-state index in [1.807, 2.05) is 42.5 Å². The van der Waals surface area contributed by atoms with Gasteiger partial charge in [0.25, 0.3) is 0 Å². The van der Waals surface area contributed by atoms with E-state index in [1.54, 1.807) is 12.1 Å². The first kappa shape index (κ1) is 13.6. The lowest BCUT2D eigenvalue weighted by Crippen LogP contribution is -2.14. The third kappa shape index (κ3) is 4.75. The van der Waals surface area contributed by atoms with Crippen LogP contribution in [0.15, 0.2) is 59.1 Å². The molecule has 0 bridgehead atoms. The molecule has 0 aliphatic rings. The van der Waals surface area contributed by atoms with Crippen molar-refractivity contribution in [3.05, 3.63) is 64.6 Å². The fraction of sp³-hybridized carbons (Fsp3) is 0.133. The van der Waals surface area contributed by atoms with Crippen LogP contribution in [0.1, 0.15) is 5.56 Å². The van der Waals surface area contributed by atoms with Crippen molar-refractivity contribution in [2.24, 2.45) is 0 Å². The second-order valence-corrected chi connectivity index (χ2v) is 4.80. The number of halogens is 1. The normalized spacial score (nSPS) is 9.95. The Balaban J connectivity index is 1.74. The first-order chi connectivity index (χ1) is 9.24. The summed E-state index contributed by atoms with van der Waals surface area (Å²) in [7, 11) is 0. The van der Waals surface area contributed by atoms with E-state index in [9.17, 15) is 4.79 Å². The monoisotopic (exact) mass is 320 g/mol. The Bertz CT molecular complexity index is 523. The molecule has 0 saturated carbocycles. The molecule has 0 aromatic heterocycles. The molecule has 2 aromatic rings. The Hall–Kier alpha value is -1.81. The van der Waals surface area contributed by atoms with Gasteiger partial charge in [-0.3, -0.25) is 0 Å². The Morgan fingerprint density at radius 2 is 1.68 bits per heavy atom. The molecule has 0 aliphatic carbocycles. The van der Waals surface area contributed by atoms with E-state index in [0.717, 1.165) is 10.0 Å². The van der Waals surface area contributed by atoms with Crippen molar-refractivity contribution in [1.82, 2.24) is 0 Å². The molecule has 0 radical (unpaired) electrons. The molecule has 0 atom stereocenters. The van der Waals surface area contributed by atoms with Crippen molar-refractivity contribution < 1.29 is 14.3 Å². The van der Waals surface area contributed by atoms with E-state index in [1.165, 1.54) is 0 Å². The highest BCUT2D eigenvalue weighted by atomic mass is 79.9. The summed E-state index contributed by atoms with van der Waals surface area (Å²) in [5, 5.41) is 0. The molecule has 0 spiro atoms. The SMILES string of the molecule is O=C(COc1ccc(Br)cc1)OCc1ccccc1. The summed E-state index contributed by atoms with van der Waals surface area (Å²) in [4.78, 5) is 11.5. The largest absolute Gasteiger partial charge is 0.482 e. The number of benzene rings is 2. The van der Waals surface area contributed by atoms with E-state index in [-0.39, 0.29) is 19.2 Å².